The Hall–Kier alpha value is -0.870. The van der Waals surface area contributed by atoms with Crippen molar-refractivity contribution in [2.45, 2.75) is 25.8 Å². The molecule has 0 atom stereocenters. The van der Waals surface area contributed by atoms with Crippen LogP contribution in [-0.2, 0) is 13.5 Å². The number of aryl methyl sites for hydroxylation is 1. The molecule has 0 saturated heterocycles. The van der Waals surface area contributed by atoms with Gasteiger partial charge in [0.15, 0.2) is 0 Å². The number of rotatable bonds is 5. The predicted octanol–water partition coefficient (Wildman–Crippen LogP) is 0.632. The molecular formula is C11H22N4. The molecule has 0 aromatic carbocycles. The molecule has 0 radical (unpaired) electrons. The van der Waals surface area contributed by atoms with E-state index in [1.54, 1.807) is 0 Å². The monoisotopic (exact) mass is 210 g/mol. The molecule has 0 aliphatic rings. The summed E-state index contributed by atoms with van der Waals surface area (Å²) in [6, 6.07) is 0. The first kappa shape index (κ1) is 12.2. The fraction of sp³-hybridized carbons (Fsp3) is 0.727. The van der Waals surface area contributed by atoms with E-state index in [-0.39, 0.29) is 5.54 Å². The molecule has 4 nitrogen and oxygen atoms in total. The molecule has 0 unspecified atom stereocenters. The number of hydrogen-bond acceptors (Lipinski definition) is 3. The topological polar surface area (TPSA) is 47.1 Å². The first-order chi connectivity index (χ1) is 6.95. The van der Waals surface area contributed by atoms with Gasteiger partial charge in [-0.15, -0.1) is 0 Å². The van der Waals surface area contributed by atoms with Crippen molar-refractivity contribution in [1.29, 1.82) is 0 Å². The standard InChI is InChI=1S/C11H22N4/c1-11(2,9-12)14(3)6-5-10-7-13-15(4)8-10/h7-8H,5-6,9,12H2,1-4H3. The largest absolute Gasteiger partial charge is 0.329 e. The average Bonchev–Trinajstić information content (AvgIpc) is 2.60. The van der Waals surface area contributed by atoms with Gasteiger partial charge in [-0.3, -0.25) is 9.58 Å². The Bertz CT molecular complexity index is 303. The zero-order valence-corrected chi connectivity index (χ0v) is 10.2. The first-order valence-electron chi connectivity index (χ1n) is 5.34. The van der Waals surface area contributed by atoms with E-state index >= 15 is 0 Å². The number of nitrogens with zero attached hydrogens (tertiary/aromatic N) is 3. The highest BCUT2D eigenvalue weighted by Gasteiger charge is 2.20. The Morgan fingerprint density at radius 3 is 2.67 bits per heavy atom. The van der Waals surface area contributed by atoms with Gasteiger partial charge in [0.2, 0.25) is 0 Å². The highest BCUT2D eigenvalue weighted by molar-refractivity contribution is 5.04. The van der Waals surface area contributed by atoms with Gasteiger partial charge in [0, 0.05) is 31.9 Å². The molecule has 0 spiro atoms. The van der Waals surface area contributed by atoms with Crippen LogP contribution >= 0.6 is 0 Å². The molecule has 86 valence electrons. The van der Waals surface area contributed by atoms with Crippen LogP contribution < -0.4 is 5.73 Å². The minimum absolute atomic E-state index is 0.0716. The third-order valence-electron chi connectivity index (χ3n) is 3.03. The summed E-state index contributed by atoms with van der Waals surface area (Å²) < 4.78 is 1.84. The van der Waals surface area contributed by atoms with E-state index in [2.05, 4.69) is 37.1 Å². The van der Waals surface area contributed by atoms with Crippen molar-refractivity contribution in [3.8, 4) is 0 Å². The minimum atomic E-state index is 0.0716. The molecule has 2 N–H and O–H groups in total. The van der Waals surface area contributed by atoms with Gasteiger partial charge in [-0.1, -0.05) is 0 Å². The Morgan fingerprint density at radius 1 is 1.53 bits per heavy atom. The number of nitrogens with two attached hydrogens (primary N) is 1. The van der Waals surface area contributed by atoms with Gasteiger partial charge >= 0.3 is 0 Å². The lowest BCUT2D eigenvalue weighted by Gasteiger charge is -2.34. The lowest BCUT2D eigenvalue weighted by molar-refractivity contribution is 0.166. The highest BCUT2D eigenvalue weighted by Crippen LogP contribution is 2.10. The molecule has 0 fully saturated rings. The second kappa shape index (κ2) is 4.77. The number of likely N-dealkylation sites (N-methyl/N-ethyl adjacent to an activating group) is 1. The van der Waals surface area contributed by atoms with Crippen molar-refractivity contribution in [1.82, 2.24) is 14.7 Å². The normalized spacial score (nSPS) is 12.4. The van der Waals surface area contributed by atoms with Gasteiger partial charge in [-0.05, 0) is 32.9 Å². The van der Waals surface area contributed by atoms with Crippen LogP contribution in [0.25, 0.3) is 0 Å². The SMILES string of the molecule is CN(CCc1cnn(C)c1)C(C)(C)CN. The van der Waals surface area contributed by atoms with Crippen molar-refractivity contribution in [2.24, 2.45) is 12.8 Å². The maximum Gasteiger partial charge on any atom is 0.0522 e. The van der Waals surface area contributed by atoms with Crippen LogP contribution in [0.3, 0.4) is 0 Å². The van der Waals surface area contributed by atoms with E-state index in [0.29, 0.717) is 6.54 Å². The Morgan fingerprint density at radius 2 is 2.20 bits per heavy atom. The summed E-state index contributed by atoms with van der Waals surface area (Å²) in [5.41, 5.74) is 7.07. The van der Waals surface area contributed by atoms with E-state index < -0.39 is 0 Å². The van der Waals surface area contributed by atoms with Crippen LogP contribution in [0.15, 0.2) is 12.4 Å². The molecule has 15 heavy (non-hydrogen) atoms. The summed E-state index contributed by atoms with van der Waals surface area (Å²) in [5.74, 6) is 0. The summed E-state index contributed by atoms with van der Waals surface area (Å²) in [6.45, 7) is 6.01. The third kappa shape index (κ3) is 3.32. The highest BCUT2D eigenvalue weighted by atomic mass is 15.2. The van der Waals surface area contributed by atoms with Gasteiger partial charge < -0.3 is 5.73 Å². The molecule has 1 rings (SSSR count). The summed E-state index contributed by atoms with van der Waals surface area (Å²) in [7, 11) is 4.06. The maximum atomic E-state index is 5.72. The first-order valence-corrected chi connectivity index (χ1v) is 5.34. The van der Waals surface area contributed by atoms with E-state index in [9.17, 15) is 0 Å². The zero-order valence-electron chi connectivity index (χ0n) is 10.2. The summed E-state index contributed by atoms with van der Waals surface area (Å²) >= 11 is 0. The molecule has 1 aromatic rings. The Kier molecular flexibility index (Phi) is 3.88. The van der Waals surface area contributed by atoms with Crippen LogP contribution in [0.1, 0.15) is 19.4 Å². The molecule has 1 heterocycles. The molecule has 0 saturated carbocycles. The van der Waals surface area contributed by atoms with Gasteiger partial charge in [0.25, 0.3) is 0 Å². The van der Waals surface area contributed by atoms with Crippen LogP contribution in [0.4, 0.5) is 0 Å². The lowest BCUT2D eigenvalue weighted by atomic mass is 10.0. The van der Waals surface area contributed by atoms with Gasteiger partial charge in [0.05, 0.1) is 6.20 Å². The summed E-state index contributed by atoms with van der Waals surface area (Å²) in [5, 5.41) is 4.15. The quantitative estimate of drug-likeness (QED) is 0.775. The molecule has 0 amide bonds. The Balaban J connectivity index is 2.44. The zero-order chi connectivity index (χ0) is 11.5. The van der Waals surface area contributed by atoms with E-state index in [0.717, 1.165) is 13.0 Å². The van der Waals surface area contributed by atoms with Crippen molar-refractivity contribution in [2.75, 3.05) is 20.1 Å². The van der Waals surface area contributed by atoms with Crippen molar-refractivity contribution >= 4 is 0 Å². The summed E-state index contributed by atoms with van der Waals surface area (Å²) in [4.78, 5) is 2.29. The average molecular weight is 210 g/mol. The van der Waals surface area contributed by atoms with Crippen molar-refractivity contribution < 1.29 is 0 Å². The molecule has 0 aliphatic heterocycles. The van der Waals surface area contributed by atoms with E-state index in [4.69, 9.17) is 5.73 Å². The smallest absolute Gasteiger partial charge is 0.0522 e. The van der Waals surface area contributed by atoms with Crippen LogP contribution in [0.2, 0.25) is 0 Å². The van der Waals surface area contributed by atoms with Crippen LogP contribution in [0.5, 0.6) is 0 Å². The minimum Gasteiger partial charge on any atom is -0.329 e. The molecular weight excluding hydrogens is 188 g/mol. The number of hydrogen-bond donors (Lipinski definition) is 1. The second-order valence-corrected chi connectivity index (χ2v) is 4.71. The van der Waals surface area contributed by atoms with Crippen molar-refractivity contribution in [3.05, 3.63) is 18.0 Å². The predicted molar refractivity (Wildman–Crippen MR) is 62.7 cm³/mol. The van der Waals surface area contributed by atoms with Crippen LogP contribution in [0, 0.1) is 0 Å². The van der Waals surface area contributed by atoms with Crippen molar-refractivity contribution in [3.63, 3.8) is 0 Å². The van der Waals surface area contributed by atoms with Gasteiger partial charge in [-0.2, -0.15) is 5.10 Å². The molecule has 4 heteroatoms. The number of aromatic nitrogens is 2. The van der Waals surface area contributed by atoms with E-state index in [1.165, 1.54) is 5.56 Å². The molecule has 0 aliphatic carbocycles. The third-order valence-corrected chi connectivity index (χ3v) is 3.03. The van der Waals surface area contributed by atoms with E-state index in [1.807, 2.05) is 17.9 Å². The van der Waals surface area contributed by atoms with Crippen LogP contribution in [-0.4, -0.2) is 40.4 Å². The van der Waals surface area contributed by atoms with Gasteiger partial charge in [-0.25, -0.2) is 0 Å². The maximum absolute atomic E-state index is 5.72. The second-order valence-electron chi connectivity index (χ2n) is 4.71. The fourth-order valence-corrected chi connectivity index (χ4v) is 1.36. The molecule has 0 bridgehead atoms. The summed E-state index contributed by atoms with van der Waals surface area (Å²) in [6.07, 6.45) is 5.00. The molecule has 1 aromatic heterocycles. The lowest BCUT2D eigenvalue weighted by Crippen LogP contribution is -2.47. The van der Waals surface area contributed by atoms with Gasteiger partial charge in [0.1, 0.15) is 0 Å². The fourth-order valence-electron chi connectivity index (χ4n) is 1.36. The Labute approximate surface area is 92.1 Å².